The molecule has 4 aromatic rings. The Morgan fingerprint density at radius 2 is 1.90 bits per heavy atom. The Kier molecular flexibility index (Phi) is 2.65. The van der Waals surface area contributed by atoms with Crippen LogP contribution in [0.2, 0.25) is 0 Å². The molecule has 0 saturated heterocycles. The summed E-state index contributed by atoms with van der Waals surface area (Å²) in [7, 11) is 0. The predicted molar refractivity (Wildman–Crippen MR) is 89.5 cm³/mol. The van der Waals surface area contributed by atoms with Crippen LogP contribution in [0.5, 0.6) is 0 Å². The second kappa shape index (κ2) is 4.53. The summed E-state index contributed by atoms with van der Waals surface area (Å²) in [5.74, 6) is 0.552. The van der Waals surface area contributed by atoms with Crippen molar-refractivity contribution < 1.29 is 0 Å². The Labute approximate surface area is 126 Å². The fourth-order valence-corrected chi connectivity index (χ4v) is 3.77. The molecule has 2 aromatic carbocycles. The van der Waals surface area contributed by atoms with Gasteiger partial charge in [-0.1, -0.05) is 42.0 Å². The minimum atomic E-state index is 0.552. The fraction of sp³-hybridized carbons (Fsp3) is 0.0588. The van der Waals surface area contributed by atoms with E-state index in [4.69, 9.17) is 5.73 Å². The van der Waals surface area contributed by atoms with Crippen LogP contribution in [-0.2, 0) is 0 Å². The number of rotatable bonds is 1. The maximum absolute atomic E-state index is 5.99. The van der Waals surface area contributed by atoms with Gasteiger partial charge in [-0.25, -0.2) is 9.97 Å². The van der Waals surface area contributed by atoms with Gasteiger partial charge in [0.2, 0.25) is 0 Å². The third-order valence-corrected chi connectivity index (χ3v) is 4.80. The summed E-state index contributed by atoms with van der Waals surface area (Å²) in [5.41, 5.74) is 10.6. The number of nitrogens with zero attached hydrogens (tertiary/aromatic N) is 2. The van der Waals surface area contributed by atoms with Gasteiger partial charge in [0.1, 0.15) is 12.1 Å². The largest absolute Gasteiger partial charge is 0.382 e. The maximum Gasteiger partial charge on any atom is 0.144 e. The Morgan fingerprint density at radius 3 is 2.76 bits per heavy atom. The minimum absolute atomic E-state index is 0.552. The van der Waals surface area contributed by atoms with Crippen LogP contribution >= 0.6 is 11.3 Å². The molecule has 0 fully saturated rings. The molecule has 21 heavy (non-hydrogen) atoms. The smallest absolute Gasteiger partial charge is 0.144 e. The highest BCUT2D eigenvalue weighted by atomic mass is 32.1. The van der Waals surface area contributed by atoms with Crippen LogP contribution in [0.4, 0.5) is 5.82 Å². The number of hydrogen-bond donors (Lipinski definition) is 1. The van der Waals surface area contributed by atoms with Crippen LogP contribution < -0.4 is 5.73 Å². The Balaban J connectivity index is 2.15. The van der Waals surface area contributed by atoms with E-state index in [9.17, 15) is 0 Å². The summed E-state index contributed by atoms with van der Waals surface area (Å²) >= 11 is 1.65. The molecule has 3 nitrogen and oxygen atoms in total. The van der Waals surface area contributed by atoms with Gasteiger partial charge in [0.15, 0.2) is 0 Å². The highest BCUT2D eigenvalue weighted by molar-refractivity contribution is 7.26. The summed E-state index contributed by atoms with van der Waals surface area (Å²) in [6, 6.07) is 14.9. The lowest BCUT2D eigenvalue weighted by molar-refractivity contribution is 1.24. The van der Waals surface area contributed by atoms with Crippen LogP contribution in [0.25, 0.3) is 31.4 Å². The molecule has 2 aromatic heterocycles. The second-order valence-electron chi connectivity index (χ2n) is 5.09. The summed E-state index contributed by atoms with van der Waals surface area (Å²) in [6.07, 6.45) is 1.54. The van der Waals surface area contributed by atoms with Gasteiger partial charge in [0.05, 0.1) is 10.2 Å². The molecule has 4 rings (SSSR count). The first-order valence-corrected chi connectivity index (χ1v) is 7.54. The third kappa shape index (κ3) is 1.87. The van der Waals surface area contributed by atoms with E-state index in [0.717, 1.165) is 15.6 Å². The average Bonchev–Trinajstić information content (AvgIpc) is 2.87. The van der Waals surface area contributed by atoms with Crippen molar-refractivity contribution in [1.82, 2.24) is 9.97 Å². The molecular formula is C17H13N3S. The molecule has 0 bridgehead atoms. The molecule has 0 aliphatic rings. The molecule has 2 heterocycles. The Morgan fingerprint density at radius 1 is 1.05 bits per heavy atom. The summed E-state index contributed by atoms with van der Waals surface area (Å²) in [6.45, 7) is 2.11. The van der Waals surface area contributed by atoms with Crippen LogP contribution in [0, 0.1) is 6.92 Å². The molecule has 0 aliphatic heterocycles. The lowest BCUT2D eigenvalue weighted by Gasteiger charge is -2.05. The van der Waals surface area contributed by atoms with Gasteiger partial charge in [-0.2, -0.15) is 0 Å². The molecule has 0 amide bonds. The van der Waals surface area contributed by atoms with Crippen molar-refractivity contribution in [3.8, 4) is 11.1 Å². The molecular weight excluding hydrogens is 278 g/mol. The lowest BCUT2D eigenvalue weighted by atomic mass is 10.00. The number of thiophene rings is 1. The van der Waals surface area contributed by atoms with Crippen LogP contribution in [0.15, 0.2) is 48.8 Å². The molecule has 0 radical (unpaired) electrons. The third-order valence-electron chi connectivity index (χ3n) is 3.64. The Bertz CT molecular complexity index is 972. The van der Waals surface area contributed by atoms with Crippen molar-refractivity contribution in [2.75, 3.05) is 5.73 Å². The molecule has 102 valence electrons. The highest BCUT2D eigenvalue weighted by Gasteiger charge is 2.13. The standard InChI is InChI=1S/C17H13N3S/c1-10-4-2-5-11(8-10)12-6-3-7-13-14(12)15-16(21-13)17(18)20-9-19-15/h2-9H,1H3,(H2,18,19,20). The lowest BCUT2D eigenvalue weighted by Crippen LogP contribution is -1.90. The van der Waals surface area contributed by atoms with Gasteiger partial charge in [-0.3, -0.25) is 0 Å². The molecule has 4 heteroatoms. The van der Waals surface area contributed by atoms with E-state index in [1.54, 1.807) is 11.3 Å². The van der Waals surface area contributed by atoms with E-state index < -0.39 is 0 Å². The van der Waals surface area contributed by atoms with E-state index in [0.29, 0.717) is 5.82 Å². The van der Waals surface area contributed by atoms with Gasteiger partial charge >= 0.3 is 0 Å². The first-order chi connectivity index (χ1) is 10.2. The van der Waals surface area contributed by atoms with Gasteiger partial charge in [0.25, 0.3) is 0 Å². The van der Waals surface area contributed by atoms with E-state index in [-0.39, 0.29) is 0 Å². The van der Waals surface area contributed by atoms with Crippen LogP contribution in [-0.4, -0.2) is 9.97 Å². The average molecular weight is 291 g/mol. The zero-order chi connectivity index (χ0) is 14.4. The number of anilines is 1. The molecule has 0 saturated carbocycles. The first-order valence-electron chi connectivity index (χ1n) is 6.73. The fourth-order valence-electron chi connectivity index (χ4n) is 2.69. The monoisotopic (exact) mass is 291 g/mol. The summed E-state index contributed by atoms with van der Waals surface area (Å²) in [5, 5.41) is 1.16. The number of benzene rings is 2. The number of nitrogen functional groups attached to an aromatic ring is 1. The second-order valence-corrected chi connectivity index (χ2v) is 6.14. The molecule has 2 N–H and O–H groups in total. The quantitative estimate of drug-likeness (QED) is 0.565. The van der Waals surface area contributed by atoms with Gasteiger partial charge in [-0.15, -0.1) is 11.3 Å². The van der Waals surface area contributed by atoms with Crippen LogP contribution in [0.1, 0.15) is 5.56 Å². The molecule has 0 aliphatic carbocycles. The van der Waals surface area contributed by atoms with E-state index in [1.165, 1.54) is 27.7 Å². The number of hydrogen-bond acceptors (Lipinski definition) is 4. The van der Waals surface area contributed by atoms with Crippen molar-refractivity contribution in [1.29, 1.82) is 0 Å². The van der Waals surface area contributed by atoms with Gasteiger partial charge < -0.3 is 5.73 Å². The maximum atomic E-state index is 5.99. The summed E-state index contributed by atoms with van der Waals surface area (Å²) < 4.78 is 2.16. The predicted octanol–water partition coefficient (Wildman–Crippen LogP) is 4.40. The molecule has 0 spiro atoms. The molecule has 0 unspecified atom stereocenters. The van der Waals surface area contributed by atoms with E-state index in [2.05, 4.69) is 59.4 Å². The topological polar surface area (TPSA) is 51.8 Å². The zero-order valence-electron chi connectivity index (χ0n) is 11.5. The van der Waals surface area contributed by atoms with Crippen molar-refractivity contribution >= 4 is 37.5 Å². The number of fused-ring (bicyclic) bond motifs is 3. The van der Waals surface area contributed by atoms with Crippen LogP contribution in [0.3, 0.4) is 0 Å². The van der Waals surface area contributed by atoms with E-state index in [1.807, 2.05) is 0 Å². The normalized spacial score (nSPS) is 11.3. The minimum Gasteiger partial charge on any atom is -0.382 e. The SMILES string of the molecule is Cc1cccc(-c2cccc3sc4c(N)ncnc4c23)c1. The van der Waals surface area contributed by atoms with Crippen molar-refractivity contribution in [2.24, 2.45) is 0 Å². The van der Waals surface area contributed by atoms with Crippen molar-refractivity contribution in [3.05, 3.63) is 54.4 Å². The van der Waals surface area contributed by atoms with E-state index >= 15 is 0 Å². The number of nitrogens with two attached hydrogens (primary N) is 1. The highest BCUT2D eigenvalue weighted by Crippen LogP contribution is 2.40. The van der Waals surface area contributed by atoms with Crippen molar-refractivity contribution in [2.45, 2.75) is 6.92 Å². The summed E-state index contributed by atoms with van der Waals surface area (Å²) in [4.78, 5) is 8.55. The first kappa shape index (κ1) is 12.3. The zero-order valence-corrected chi connectivity index (χ0v) is 12.3. The van der Waals surface area contributed by atoms with Gasteiger partial charge in [0, 0.05) is 10.1 Å². The molecule has 0 atom stereocenters. The number of aromatic nitrogens is 2. The van der Waals surface area contributed by atoms with Gasteiger partial charge in [-0.05, 0) is 24.1 Å². The van der Waals surface area contributed by atoms with Crippen molar-refractivity contribution in [3.63, 3.8) is 0 Å². The Hall–Kier alpha value is -2.46. The number of aryl methyl sites for hydroxylation is 1.